The van der Waals surface area contributed by atoms with Crippen LogP contribution in [0, 0.1) is 15.9 Å². The number of piperazine rings is 1. The van der Waals surface area contributed by atoms with Crippen LogP contribution < -0.4 is 4.90 Å². The molecule has 1 N–H and O–H groups in total. The number of hydrogen-bond acceptors (Lipinski definition) is 5. The Labute approximate surface area is 103 Å². The Bertz CT molecular complexity index is 473. The predicted octanol–water partition coefficient (Wildman–Crippen LogP) is 1.19. The number of likely N-dealkylation sites (N-methyl/N-ethyl adjacent to an activating group) is 1. The topological polar surface area (TPSA) is 69.8 Å². The van der Waals surface area contributed by atoms with Crippen LogP contribution in [0.1, 0.15) is 0 Å². The van der Waals surface area contributed by atoms with Gasteiger partial charge in [0.25, 0.3) is 0 Å². The minimum atomic E-state index is -0.799. The highest BCUT2D eigenvalue weighted by molar-refractivity contribution is 5.60. The summed E-state index contributed by atoms with van der Waals surface area (Å²) in [5.41, 5.74) is -0.392. The molecule has 0 radical (unpaired) electrons. The maximum absolute atomic E-state index is 13.8. The molecular weight excluding hydrogens is 241 g/mol. The van der Waals surface area contributed by atoms with E-state index in [0.717, 1.165) is 25.2 Å². The molecule has 0 bridgehead atoms. The fourth-order valence-corrected chi connectivity index (χ4v) is 1.98. The fourth-order valence-electron chi connectivity index (χ4n) is 1.98. The first-order valence-corrected chi connectivity index (χ1v) is 5.59. The van der Waals surface area contributed by atoms with Gasteiger partial charge in [-0.3, -0.25) is 10.1 Å². The van der Waals surface area contributed by atoms with E-state index in [-0.39, 0.29) is 5.69 Å². The molecule has 1 heterocycles. The van der Waals surface area contributed by atoms with Gasteiger partial charge in [0.15, 0.2) is 11.6 Å². The highest BCUT2D eigenvalue weighted by Gasteiger charge is 2.22. The number of nitrogens with zero attached hydrogens (tertiary/aromatic N) is 3. The Morgan fingerprint density at radius 3 is 2.50 bits per heavy atom. The van der Waals surface area contributed by atoms with Crippen molar-refractivity contribution >= 4 is 11.4 Å². The molecule has 0 amide bonds. The summed E-state index contributed by atoms with van der Waals surface area (Å²) in [6.07, 6.45) is 0. The molecule has 0 unspecified atom stereocenters. The van der Waals surface area contributed by atoms with Crippen molar-refractivity contribution < 1.29 is 14.4 Å². The molecule has 1 aromatic rings. The summed E-state index contributed by atoms with van der Waals surface area (Å²) in [4.78, 5) is 13.7. The SMILES string of the molecule is CN1CCN(c2cc(O)c([N+](=O)[O-])cc2F)CC1. The van der Waals surface area contributed by atoms with E-state index in [1.165, 1.54) is 0 Å². The maximum Gasteiger partial charge on any atom is 0.313 e. The number of nitro benzene ring substituents is 1. The molecule has 0 aromatic heterocycles. The minimum Gasteiger partial charge on any atom is -0.502 e. The summed E-state index contributed by atoms with van der Waals surface area (Å²) in [6.45, 7) is 2.84. The number of nitro groups is 1. The average Bonchev–Trinajstić information content (AvgIpc) is 2.32. The summed E-state index contributed by atoms with van der Waals surface area (Å²) in [7, 11) is 1.97. The van der Waals surface area contributed by atoms with Crippen molar-refractivity contribution in [2.45, 2.75) is 0 Å². The van der Waals surface area contributed by atoms with Gasteiger partial charge in [-0.2, -0.15) is 0 Å². The van der Waals surface area contributed by atoms with Gasteiger partial charge < -0.3 is 14.9 Å². The van der Waals surface area contributed by atoms with Crippen LogP contribution in [0.4, 0.5) is 15.8 Å². The number of anilines is 1. The Balaban J connectivity index is 2.29. The third kappa shape index (κ3) is 2.35. The Kier molecular flexibility index (Phi) is 3.33. The third-order valence-electron chi connectivity index (χ3n) is 3.08. The zero-order valence-electron chi connectivity index (χ0n) is 9.97. The molecule has 1 aromatic carbocycles. The van der Waals surface area contributed by atoms with E-state index in [0.29, 0.717) is 13.1 Å². The van der Waals surface area contributed by atoms with Crippen LogP contribution >= 0.6 is 0 Å². The molecule has 6 nitrogen and oxygen atoms in total. The number of rotatable bonds is 2. The second-order valence-electron chi connectivity index (χ2n) is 4.34. The molecule has 2 rings (SSSR count). The molecule has 7 heteroatoms. The fraction of sp³-hybridized carbons (Fsp3) is 0.455. The number of halogens is 1. The minimum absolute atomic E-state index is 0.214. The molecule has 18 heavy (non-hydrogen) atoms. The molecule has 1 aliphatic heterocycles. The van der Waals surface area contributed by atoms with E-state index < -0.39 is 22.2 Å². The van der Waals surface area contributed by atoms with Gasteiger partial charge in [-0.05, 0) is 7.05 Å². The molecule has 0 saturated carbocycles. The van der Waals surface area contributed by atoms with Gasteiger partial charge in [-0.1, -0.05) is 0 Å². The first kappa shape index (κ1) is 12.6. The second-order valence-corrected chi connectivity index (χ2v) is 4.34. The molecule has 0 atom stereocenters. The van der Waals surface area contributed by atoms with Crippen LogP contribution in [0.2, 0.25) is 0 Å². The number of phenols is 1. The van der Waals surface area contributed by atoms with Gasteiger partial charge in [0.05, 0.1) is 16.7 Å². The lowest BCUT2D eigenvalue weighted by Crippen LogP contribution is -2.44. The first-order chi connectivity index (χ1) is 8.49. The smallest absolute Gasteiger partial charge is 0.313 e. The van der Waals surface area contributed by atoms with Gasteiger partial charge in [0.1, 0.15) is 0 Å². The lowest BCUT2D eigenvalue weighted by Gasteiger charge is -2.34. The largest absolute Gasteiger partial charge is 0.502 e. The summed E-state index contributed by atoms with van der Waals surface area (Å²) >= 11 is 0. The van der Waals surface area contributed by atoms with Crippen LogP contribution in [-0.2, 0) is 0 Å². The van der Waals surface area contributed by atoms with Crippen LogP contribution in [0.25, 0.3) is 0 Å². The predicted molar refractivity (Wildman–Crippen MR) is 64.4 cm³/mol. The van der Waals surface area contributed by atoms with Crippen molar-refractivity contribution in [1.29, 1.82) is 0 Å². The molecular formula is C11H14FN3O3. The van der Waals surface area contributed by atoms with Crippen molar-refractivity contribution in [3.63, 3.8) is 0 Å². The van der Waals surface area contributed by atoms with Gasteiger partial charge in [-0.25, -0.2) is 4.39 Å². The maximum atomic E-state index is 13.8. The van der Waals surface area contributed by atoms with Crippen LogP contribution in [0.15, 0.2) is 12.1 Å². The summed E-state index contributed by atoms with van der Waals surface area (Å²) in [5, 5.41) is 20.1. The molecule has 1 saturated heterocycles. The summed E-state index contributed by atoms with van der Waals surface area (Å²) in [6, 6.07) is 1.89. The van der Waals surface area contributed by atoms with Crippen molar-refractivity contribution in [1.82, 2.24) is 4.90 Å². The molecule has 1 aliphatic rings. The Morgan fingerprint density at radius 1 is 1.33 bits per heavy atom. The van der Waals surface area contributed by atoms with E-state index in [1.54, 1.807) is 4.90 Å². The zero-order chi connectivity index (χ0) is 13.3. The first-order valence-electron chi connectivity index (χ1n) is 5.59. The van der Waals surface area contributed by atoms with Gasteiger partial charge in [0, 0.05) is 32.2 Å². The Hall–Kier alpha value is -1.89. The van der Waals surface area contributed by atoms with Crippen LogP contribution in [0.5, 0.6) is 5.75 Å². The van der Waals surface area contributed by atoms with Crippen molar-refractivity contribution in [3.05, 3.63) is 28.1 Å². The normalized spacial score (nSPS) is 16.9. The van der Waals surface area contributed by atoms with Crippen LogP contribution in [-0.4, -0.2) is 48.2 Å². The van der Waals surface area contributed by atoms with Crippen molar-refractivity contribution in [2.24, 2.45) is 0 Å². The Morgan fingerprint density at radius 2 is 1.94 bits per heavy atom. The highest BCUT2D eigenvalue weighted by Crippen LogP contribution is 2.33. The number of phenolic OH excluding ortho intramolecular Hbond substituents is 1. The molecule has 0 aliphatic carbocycles. The van der Waals surface area contributed by atoms with Gasteiger partial charge >= 0.3 is 5.69 Å². The monoisotopic (exact) mass is 255 g/mol. The summed E-state index contributed by atoms with van der Waals surface area (Å²) in [5.74, 6) is -1.18. The van der Waals surface area contributed by atoms with E-state index in [4.69, 9.17) is 0 Å². The number of aromatic hydroxyl groups is 1. The highest BCUT2D eigenvalue weighted by atomic mass is 19.1. The molecule has 98 valence electrons. The standard InChI is InChI=1S/C11H14FN3O3/c1-13-2-4-14(5-3-13)9-7-11(16)10(15(17)18)6-8(9)12/h6-7,16H,2-5H2,1H3. The second kappa shape index (κ2) is 4.77. The van der Waals surface area contributed by atoms with E-state index in [1.807, 2.05) is 7.05 Å². The molecule has 0 spiro atoms. The van der Waals surface area contributed by atoms with Gasteiger partial charge in [-0.15, -0.1) is 0 Å². The number of benzene rings is 1. The van der Waals surface area contributed by atoms with E-state index in [2.05, 4.69) is 4.90 Å². The number of hydrogen-bond donors (Lipinski definition) is 1. The lowest BCUT2D eigenvalue weighted by atomic mass is 10.2. The lowest BCUT2D eigenvalue weighted by molar-refractivity contribution is -0.386. The van der Waals surface area contributed by atoms with Gasteiger partial charge in [0.2, 0.25) is 0 Å². The zero-order valence-corrected chi connectivity index (χ0v) is 9.97. The van der Waals surface area contributed by atoms with Crippen LogP contribution in [0.3, 0.4) is 0 Å². The van der Waals surface area contributed by atoms with Crippen molar-refractivity contribution in [2.75, 3.05) is 38.1 Å². The third-order valence-corrected chi connectivity index (χ3v) is 3.08. The van der Waals surface area contributed by atoms with E-state index >= 15 is 0 Å². The summed E-state index contributed by atoms with van der Waals surface area (Å²) < 4.78 is 13.8. The van der Waals surface area contributed by atoms with E-state index in [9.17, 15) is 19.6 Å². The average molecular weight is 255 g/mol. The quantitative estimate of drug-likeness (QED) is 0.635. The molecule has 1 fully saturated rings. The van der Waals surface area contributed by atoms with Crippen molar-refractivity contribution in [3.8, 4) is 5.75 Å².